The van der Waals surface area contributed by atoms with Gasteiger partial charge < -0.3 is 10.4 Å². The second-order valence-electron chi connectivity index (χ2n) is 3.80. The Bertz CT molecular complexity index is 494. The number of benzene rings is 1. The van der Waals surface area contributed by atoms with Crippen LogP contribution in [-0.4, -0.2) is 28.5 Å². The van der Waals surface area contributed by atoms with E-state index in [-0.39, 0.29) is 18.1 Å². The third-order valence-corrected chi connectivity index (χ3v) is 4.00. The Labute approximate surface area is 125 Å². The molecule has 0 heterocycles. The summed E-state index contributed by atoms with van der Waals surface area (Å²) in [6.07, 6.45) is 0.0317. The molecule has 0 atom stereocenters. The monoisotopic (exact) mass is 321 g/mol. The van der Waals surface area contributed by atoms with Gasteiger partial charge in [-0.25, -0.2) is 0 Å². The number of carboxylic acids is 1. The molecule has 1 amide bonds. The number of carboxylic acid groups (broad SMARTS) is 1. The summed E-state index contributed by atoms with van der Waals surface area (Å²) in [4.78, 5) is 22.0. The summed E-state index contributed by atoms with van der Waals surface area (Å²) in [5, 5.41) is 11.9. The highest BCUT2D eigenvalue weighted by Crippen LogP contribution is 2.32. The number of rotatable bonds is 6. The van der Waals surface area contributed by atoms with Gasteiger partial charge in [-0.3, -0.25) is 9.59 Å². The number of amides is 1. The van der Waals surface area contributed by atoms with Crippen molar-refractivity contribution < 1.29 is 14.7 Å². The number of hydrogen-bond donors (Lipinski definition) is 2. The Kier molecular flexibility index (Phi) is 6.48. The summed E-state index contributed by atoms with van der Waals surface area (Å²) in [5.74, 6) is -0.589. The van der Waals surface area contributed by atoms with Gasteiger partial charge in [0.05, 0.1) is 27.9 Å². The van der Waals surface area contributed by atoms with Crippen molar-refractivity contribution >= 4 is 52.5 Å². The highest BCUT2D eigenvalue weighted by molar-refractivity contribution is 7.99. The van der Waals surface area contributed by atoms with Crippen LogP contribution in [0.25, 0.3) is 0 Å². The zero-order valence-corrected chi connectivity index (χ0v) is 12.5. The Hall–Kier alpha value is -0.910. The van der Waals surface area contributed by atoms with Gasteiger partial charge in [0.2, 0.25) is 5.91 Å². The van der Waals surface area contributed by atoms with Gasteiger partial charge in [-0.05, 0) is 18.6 Å². The number of nitrogens with one attached hydrogen (secondary N) is 1. The third-order valence-electron chi connectivity index (χ3n) is 2.24. The van der Waals surface area contributed by atoms with Crippen LogP contribution in [0.5, 0.6) is 0 Å². The lowest BCUT2D eigenvalue weighted by Crippen LogP contribution is -2.15. The second kappa shape index (κ2) is 7.62. The number of thioether (sulfide) groups is 1. The number of halogens is 2. The number of hydrogen-bond acceptors (Lipinski definition) is 3. The van der Waals surface area contributed by atoms with Gasteiger partial charge in [0.15, 0.2) is 0 Å². The second-order valence-corrected chi connectivity index (χ2v) is 5.69. The van der Waals surface area contributed by atoms with Crippen LogP contribution >= 0.6 is 35.0 Å². The summed E-state index contributed by atoms with van der Waals surface area (Å²) in [6, 6.07) is 3.43. The van der Waals surface area contributed by atoms with E-state index in [4.69, 9.17) is 28.3 Å². The van der Waals surface area contributed by atoms with Crippen molar-refractivity contribution in [3.8, 4) is 0 Å². The molecule has 0 bridgehead atoms. The van der Waals surface area contributed by atoms with Gasteiger partial charge in [-0.15, -0.1) is 0 Å². The highest BCUT2D eigenvalue weighted by Gasteiger charge is 2.11. The van der Waals surface area contributed by atoms with Crippen LogP contribution in [0.3, 0.4) is 0 Å². The molecular formula is C12H13Cl2NO3S. The molecule has 0 fully saturated rings. The van der Waals surface area contributed by atoms with Crippen LogP contribution in [0.1, 0.15) is 12.0 Å². The van der Waals surface area contributed by atoms with E-state index in [1.165, 1.54) is 11.8 Å². The fourth-order valence-corrected chi connectivity index (χ4v) is 2.46. The van der Waals surface area contributed by atoms with Crippen LogP contribution in [0.4, 0.5) is 5.69 Å². The predicted molar refractivity (Wildman–Crippen MR) is 79.4 cm³/mol. The molecule has 0 aliphatic heterocycles. The van der Waals surface area contributed by atoms with E-state index in [0.717, 1.165) is 5.56 Å². The number of anilines is 1. The van der Waals surface area contributed by atoms with Gasteiger partial charge in [0.25, 0.3) is 0 Å². The minimum atomic E-state index is -0.877. The van der Waals surface area contributed by atoms with Crippen LogP contribution in [0.2, 0.25) is 10.0 Å². The molecule has 0 spiro atoms. The molecule has 7 heteroatoms. The topological polar surface area (TPSA) is 66.4 Å². The van der Waals surface area contributed by atoms with Crippen molar-refractivity contribution in [1.29, 1.82) is 0 Å². The van der Waals surface area contributed by atoms with E-state index in [9.17, 15) is 9.59 Å². The molecule has 1 aromatic rings. The molecule has 19 heavy (non-hydrogen) atoms. The van der Waals surface area contributed by atoms with E-state index < -0.39 is 5.97 Å². The fourth-order valence-electron chi connectivity index (χ4n) is 1.27. The minimum absolute atomic E-state index is 0.0317. The smallest absolute Gasteiger partial charge is 0.304 e. The van der Waals surface area contributed by atoms with E-state index in [2.05, 4.69) is 5.32 Å². The highest BCUT2D eigenvalue weighted by atomic mass is 35.5. The van der Waals surface area contributed by atoms with E-state index >= 15 is 0 Å². The lowest BCUT2D eigenvalue weighted by atomic mass is 10.2. The molecule has 2 N–H and O–H groups in total. The first-order valence-corrected chi connectivity index (χ1v) is 7.37. The van der Waals surface area contributed by atoms with Crippen molar-refractivity contribution in [2.24, 2.45) is 0 Å². The first-order chi connectivity index (χ1) is 8.91. The molecule has 0 aromatic heterocycles. The van der Waals surface area contributed by atoms with Gasteiger partial charge in [-0.2, -0.15) is 11.8 Å². The van der Waals surface area contributed by atoms with Crippen LogP contribution in [0.15, 0.2) is 12.1 Å². The third kappa shape index (κ3) is 5.30. The SMILES string of the molecule is Cc1ccc(Cl)c(NC(=O)CSCCC(=O)O)c1Cl. The van der Waals surface area contributed by atoms with E-state index in [0.29, 0.717) is 21.5 Å². The lowest BCUT2D eigenvalue weighted by molar-refractivity contribution is -0.136. The zero-order chi connectivity index (χ0) is 14.4. The Balaban J connectivity index is 2.53. The van der Waals surface area contributed by atoms with Crippen molar-refractivity contribution in [2.45, 2.75) is 13.3 Å². The predicted octanol–water partition coefficient (Wildman–Crippen LogP) is 3.45. The maximum absolute atomic E-state index is 11.7. The van der Waals surface area contributed by atoms with Gasteiger partial charge in [0, 0.05) is 5.75 Å². The number of carbonyl (C=O) groups excluding carboxylic acids is 1. The molecular weight excluding hydrogens is 309 g/mol. The van der Waals surface area contributed by atoms with Crippen molar-refractivity contribution in [3.63, 3.8) is 0 Å². The quantitative estimate of drug-likeness (QED) is 0.787. The Morgan fingerprint density at radius 2 is 2.05 bits per heavy atom. The molecule has 0 aliphatic carbocycles. The fraction of sp³-hybridized carbons (Fsp3) is 0.333. The summed E-state index contributed by atoms with van der Waals surface area (Å²) in [7, 11) is 0. The molecule has 1 rings (SSSR count). The zero-order valence-electron chi connectivity index (χ0n) is 10.2. The molecule has 0 radical (unpaired) electrons. The summed E-state index contributed by atoms with van der Waals surface area (Å²) < 4.78 is 0. The van der Waals surface area contributed by atoms with E-state index in [1.54, 1.807) is 12.1 Å². The summed E-state index contributed by atoms with van der Waals surface area (Å²) >= 11 is 13.3. The summed E-state index contributed by atoms with van der Waals surface area (Å²) in [5.41, 5.74) is 1.21. The largest absolute Gasteiger partial charge is 0.481 e. The number of carbonyl (C=O) groups is 2. The minimum Gasteiger partial charge on any atom is -0.481 e. The van der Waals surface area contributed by atoms with Crippen molar-refractivity contribution in [3.05, 3.63) is 27.7 Å². The Morgan fingerprint density at radius 3 is 2.68 bits per heavy atom. The Morgan fingerprint density at radius 1 is 1.37 bits per heavy atom. The number of aliphatic carboxylic acids is 1. The average molecular weight is 322 g/mol. The maximum Gasteiger partial charge on any atom is 0.304 e. The maximum atomic E-state index is 11.7. The first-order valence-electron chi connectivity index (χ1n) is 5.45. The average Bonchev–Trinajstić information content (AvgIpc) is 2.35. The summed E-state index contributed by atoms with van der Waals surface area (Å²) in [6.45, 7) is 1.82. The van der Waals surface area contributed by atoms with Gasteiger partial charge in [-0.1, -0.05) is 29.3 Å². The normalized spacial score (nSPS) is 10.3. The number of aryl methyl sites for hydroxylation is 1. The standard InChI is InChI=1S/C12H13Cl2NO3S/c1-7-2-3-8(13)12(11(7)14)15-9(16)6-19-5-4-10(17)18/h2-3H,4-6H2,1H3,(H,15,16)(H,17,18). The molecule has 0 saturated carbocycles. The molecule has 1 aromatic carbocycles. The van der Waals surface area contributed by atoms with Crippen LogP contribution in [-0.2, 0) is 9.59 Å². The molecule has 0 saturated heterocycles. The first kappa shape index (κ1) is 16.1. The van der Waals surface area contributed by atoms with Crippen molar-refractivity contribution in [1.82, 2.24) is 0 Å². The molecule has 0 aliphatic rings. The molecule has 104 valence electrons. The lowest BCUT2D eigenvalue weighted by Gasteiger charge is -2.10. The van der Waals surface area contributed by atoms with E-state index in [1.807, 2.05) is 6.92 Å². The molecule has 0 unspecified atom stereocenters. The van der Waals surface area contributed by atoms with Gasteiger partial charge in [0.1, 0.15) is 0 Å². The van der Waals surface area contributed by atoms with Gasteiger partial charge >= 0.3 is 5.97 Å². The van der Waals surface area contributed by atoms with Crippen LogP contribution < -0.4 is 5.32 Å². The van der Waals surface area contributed by atoms with Crippen molar-refractivity contribution in [2.75, 3.05) is 16.8 Å². The molecule has 4 nitrogen and oxygen atoms in total. The van der Waals surface area contributed by atoms with Crippen LogP contribution in [0, 0.1) is 6.92 Å².